The van der Waals surface area contributed by atoms with Gasteiger partial charge in [-0.25, -0.2) is 0 Å². The van der Waals surface area contributed by atoms with Gasteiger partial charge in [0.25, 0.3) is 0 Å². The number of pyridine rings is 1. The molecule has 22 heavy (non-hydrogen) atoms. The van der Waals surface area contributed by atoms with Crippen molar-refractivity contribution >= 4 is 30.7 Å². The highest BCUT2D eigenvalue weighted by atomic mass is 35.5. The molecule has 0 spiro atoms. The smallest absolute Gasteiger partial charge is 0.227 e. The second-order valence-electron chi connectivity index (χ2n) is 5.53. The lowest BCUT2D eigenvalue weighted by Crippen LogP contribution is -2.51. The van der Waals surface area contributed by atoms with E-state index in [9.17, 15) is 4.79 Å². The molecule has 0 saturated carbocycles. The molecule has 1 amide bonds. The minimum absolute atomic E-state index is 0. The third-order valence-corrected chi connectivity index (χ3v) is 3.99. The van der Waals surface area contributed by atoms with Crippen LogP contribution in [0, 0.1) is 5.41 Å². The van der Waals surface area contributed by atoms with Gasteiger partial charge in [0.05, 0.1) is 5.41 Å². The van der Waals surface area contributed by atoms with Crippen LogP contribution >= 0.6 is 24.8 Å². The molecule has 0 bridgehead atoms. The first-order valence-corrected chi connectivity index (χ1v) is 7.14. The van der Waals surface area contributed by atoms with Crippen molar-refractivity contribution in [3.8, 4) is 0 Å². The second-order valence-corrected chi connectivity index (χ2v) is 5.53. The fourth-order valence-corrected chi connectivity index (χ4v) is 2.59. The summed E-state index contributed by atoms with van der Waals surface area (Å²) in [7, 11) is 0. The predicted octanol–water partition coefficient (Wildman–Crippen LogP) is 1.73. The van der Waals surface area contributed by atoms with Crippen LogP contribution in [0.3, 0.4) is 0 Å². The Balaban J connectivity index is 0.00000220. The van der Waals surface area contributed by atoms with Gasteiger partial charge in [0.2, 0.25) is 5.91 Å². The summed E-state index contributed by atoms with van der Waals surface area (Å²) in [5, 5.41) is 3.09. The normalized spacial score (nSPS) is 17.5. The molecule has 3 N–H and O–H groups in total. The van der Waals surface area contributed by atoms with Crippen molar-refractivity contribution in [3.63, 3.8) is 0 Å². The van der Waals surface area contributed by atoms with Gasteiger partial charge in [-0.05, 0) is 43.9 Å². The van der Waals surface area contributed by atoms with Gasteiger partial charge >= 0.3 is 0 Å². The van der Waals surface area contributed by atoms with Gasteiger partial charge < -0.3 is 15.8 Å². The quantitative estimate of drug-likeness (QED) is 0.848. The molecular weight excluding hydrogens is 325 g/mol. The van der Waals surface area contributed by atoms with Crippen LogP contribution in [0.25, 0.3) is 0 Å². The molecule has 1 aliphatic rings. The van der Waals surface area contributed by atoms with E-state index in [0.717, 1.165) is 6.42 Å². The van der Waals surface area contributed by atoms with E-state index in [0.29, 0.717) is 32.6 Å². The number of hydrogen-bond acceptors (Lipinski definition) is 4. The maximum atomic E-state index is 12.5. The van der Waals surface area contributed by atoms with E-state index in [4.69, 9.17) is 10.5 Å². The number of hydrogen-bond donors (Lipinski definition) is 2. The minimum Gasteiger partial charge on any atom is -0.381 e. The Morgan fingerprint density at radius 1 is 1.36 bits per heavy atom. The zero-order chi connectivity index (χ0) is 14.4. The highest BCUT2D eigenvalue weighted by Gasteiger charge is 2.39. The average Bonchev–Trinajstić information content (AvgIpc) is 2.48. The zero-order valence-electron chi connectivity index (χ0n) is 12.8. The van der Waals surface area contributed by atoms with Crippen LogP contribution < -0.4 is 11.1 Å². The fourth-order valence-electron chi connectivity index (χ4n) is 2.59. The Morgan fingerprint density at radius 3 is 2.50 bits per heavy atom. The summed E-state index contributed by atoms with van der Waals surface area (Å²) >= 11 is 0. The van der Waals surface area contributed by atoms with E-state index in [2.05, 4.69) is 10.3 Å². The number of carbonyl (C=O) groups excluding carboxylic acids is 1. The Kier molecular flexibility index (Phi) is 9.60. The topological polar surface area (TPSA) is 77.2 Å². The number of nitrogens with zero attached hydrogens (tertiary/aromatic N) is 1. The Labute approximate surface area is 144 Å². The lowest BCUT2D eigenvalue weighted by atomic mass is 9.79. The maximum Gasteiger partial charge on any atom is 0.227 e. The van der Waals surface area contributed by atoms with Crippen LogP contribution in [0.4, 0.5) is 0 Å². The zero-order valence-corrected chi connectivity index (χ0v) is 14.4. The van der Waals surface area contributed by atoms with E-state index in [-0.39, 0.29) is 36.8 Å². The molecule has 0 aliphatic carbocycles. The van der Waals surface area contributed by atoms with Gasteiger partial charge in [-0.15, -0.1) is 24.8 Å². The first-order valence-electron chi connectivity index (χ1n) is 7.14. The number of rotatable bonds is 5. The first-order chi connectivity index (χ1) is 9.66. The van der Waals surface area contributed by atoms with E-state index in [1.54, 1.807) is 12.4 Å². The van der Waals surface area contributed by atoms with E-state index in [1.807, 2.05) is 19.1 Å². The van der Waals surface area contributed by atoms with E-state index in [1.165, 1.54) is 5.56 Å². The van der Waals surface area contributed by atoms with Crippen molar-refractivity contribution in [2.24, 2.45) is 11.1 Å². The number of ether oxygens (including phenoxy) is 1. The summed E-state index contributed by atoms with van der Waals surface area (Å²) in [4.78, 5) is 16.5. The number of aromatic nitrogens is 1. The van der Waals surface area contributed by atoms with Gasteiger partial charge in [-0.2, -0.15) is 0 Å². The van der Waals surface area contributed by atoms with Crippen LogP contribution in [0.1, 0.15) is 25.3 Å². The maximum absolute atomic E-state index is 12.5. The highest BCUT2D eigenvalue weighted by Crippen LogP contribution is 2.29. The summed E-state index contributed by atoms with van der Waals surface area (Å²) in [5.41, 5.74) is 6.56. The molecule has 1 aromatic heterocycles. The van der Waals surface area contributed by atoms with Crippen LogP contribution in [0.2, 0.25) is 0 Å². The van der Waals surface area contributed by atoms with Crippen LogP contribution in [0.15, 0.2) is 24.5 Å². The molecule has 1 saturated heterocycles. The number of halogens is 2. The summed E-state index contributed by atoms with van der Waals surface area (Å²) < 4.78 is 5.33. The number of carbonyl (C=O) groups is 1. The molecule has 126 valence electrons. The van der Waals surface area contributed by atoms with Gasteiger partial charge in [0.1, 0.15) is 0 Å². The molecule has 0 radical (unpaired) electrons. The van der Waals surface area contributed by atoms with Crippen LogP contribution in [0.5, 0.6) is 0 Å². The highest BCUT2D eigenvalue weighted by molar-refractivity contribution is 5.85. The van der Waals surface area contributed by atoms with E-state index < -0.39 is 5.41 Å². The largest absolute Gasteiger partial charge is 0.381 e. The summed E-state index contributed by atoms with van der Waals surface area (Å²) in [5.74, 6) is 0.0601. The van der Waals surface area contributed by atoms with E-state index >= 15 is 0 Å². The monoisotopic (exact) mass is 349 g/mol. The van der Waals surface area contributed by atoms with Gasteiger partial charge in [-0.1, -0.05) is 0 Å². The Morgan fingerprint density at radius 2 is 1.95 bits per heavy atom. The lowest BCUT2D eigenvalue weighted by Gasteiger charge is -2.35. The lowest BCUT2D eigenvalue weighted by molar-refractivity contribution is -0.136. The van der Waals surface area contributed by atoms with Gasteiger partial charge in [0.15, 0.2) is 0 Å². The van der Waals surface area contributed by atoms with Crippen molar-refractivity contribution in [2.75, 3.05) is 19.8 Å². The van der Waals surface area contributed by atoms with Crippen molar-refractivity contribution in [1.29, 1.82) is 0 Å². The summed E-state index contributed by atoms with van der Waals surface area (Å²) in [6.07, 6.45) is 5.74. The van der Waals surface area contributed by atoms with Crippen LogP contribution in [-0.2, 0) is 16.0 Å². The minimum atomic E-state index is -0.454. The SMILES string of the molecule is CC(Cc1ccncc1)NC(=O)C1(CN)CCOCC1.Cl.Cl. The third kappa shape index (κ3) is 5.39. The fraction of sp³-hybridized carbons (Fsp3) is 0.600. The molecule has 1 atom stereocenters. The molecule has 0 aromatic carbocycles. The molecular formula is C15H25Cl2N3O2. The molecule has 1 unspecified atom stereocenters. The van der Waals surface area contributed by atoms with Crippen molar-refractivity contribution in [1.82, 2.24) is 10.3 Å². The molecule has 2 heterocycles. The Bertz CT molecular complexity index is 440. The molecule has 1 aliphatic heterocycles. The molecule has 7 heteroatoms. The van der Waals surface area contributed by atoms with Gasteiger partial charge in [-0.3, -0.25) is 9.78 Å². The number of nitrogens with one attached hydrogen (secondary N) is 1. The standard InChI is InChI=1S/C15H23N3O2.2ClH/c1-12(10-13-2-6-17-7-3-13)18-14(19)15(11-16)4-8-20-9-5-15;;/h2-3,6-7,12H,4-5,8-11,16H2,1H3,(H,18,19);2*1H. The number of amides is 1. The molecule has 1 fully saturated rings. The summed E-state index contributed by atoms with van der Waals surface area (Å²) in [6, 6.07) is 4.02. The van der Waals surface area contributed by atoms with Crippen molar-refractivity contribution in [2.45, 2.75) is 32.2 Å². The van der Waals surface area contributed by atoms with Crippen molar-refractivity contribution in [3.05, 3.63) is 30.1 Å². The molecule has 5 nitrogen and oxygen atoms in total. The second kappa shape index (κ2) is 10.0. The summed E-state index contributed by atoms with van der Waals surface area (Å²) in [6.45, 7) is 3.62. The van der Waals surface area contributed by atoms with Crippen molar-refractivity contribution < 1.29 is 9.53 Å². The molecule has 1 aromatic rings. The number of nitrogens with two attached hydrogens (primary N) is 1. The Hall–Kier alpha value is -0.880. The van der Waals surface area contributed by atoms with Crippen LogP contribution in [-0.4, -0.2) is 36.7 Å². The molecule has 2 rings (SSSR count). The average molecular weight is 350 g/mol. The third-order valence-electron chi connectivity index (χ3n) is 3.99. The predicted molar refractivity (Wildman–Crippen MR) is 91.6 cm³/mol. The van der Waals surface area contributed by atoms with Gasteiger partial charge in [0, 0.05) is 38.2 Å². The first kappa shape index (κ1) is 21.1.